The van der Waals surface area contributed by atoms with Gasteiger partial charge >= 0.3 is 18.2 Å². The third-order valence-electron chi connectivity index (χ3n) is 6.99. The van der Waals surface area contributed by atoms with Gasteiger partial charge in [-0.3, -0.25) is 4.79 Å². The fourth-order valence-corrected chi connectivity index (χ4v) is 4.83. The number of hydrogen-bond donors (Lipinski definition) is 0. The summed E-state index contributed by atoms with van der Waals surface area (Å²) in [5.41, 5.74) is -2.70. The summed E-state index contributed by atoms with van der Waals surface area (Å²) in [7, 11) is 0. The van der Waals surface area contributed by atoms with Crippen LogP contribution in [0.15, 0.2) is 54.6 Å². The molecule has 1 aliphatic carbocycles. The monoisotopic (exact) mass is 602 g/mol. The zero-order valence-electron chi connectivity index (χ0n) is 22.3. The van der Waals surface area contributed by atoms with Crippen LogP contribution in [-0.2, 0) is 17.0 Å². The molecular weight excluding hydrogens is 576 g/mol. The number of benzene rings is 3. The summed E-state index contributed by atoms with van der Waals surface area (Å²) in [6, 6.07) is 4.85. The molecule has 0 heterocycles. The Hall–Kier alpha value is -3.83. The van der Waals surface area contributed by atoms with Crippen molar-refractivity contribution in [3.05, 3.63) is 89.0 Å². The highest BCUT2D eigenvalue weighted by Crippen LogP contribution is 2.39. The van der Waals surface area contributed by atoms with Gasteiger partial charge in [-0.25, -0.2) is 17.6 Å². The van der Waals surface area contributed by atoms with Gasteiger partial charge in [-0.05, 0) is 68.0 Å². The van der Waals surface area contributed by atoms with Gasteiger partial charge < -0.3 is 14.2 Å². The topological polar surface area (TPSA) is 44.8 Å². The standard InChI is InChI=1S/C30H26F8O4/c1-2-3-17-4-6-18(7-5-17)28(39)40-19-8-11-22(25(32)14-19)29(35,36)41-20-9-12-23(26(33)15-20)30(37,38)42-21-10-13-24(31)27(34)16-21/h8-18H,2-7H2,1H3. The predicted molar refractivity (Wildman–Crippen MR) is 134 cm³/mol. The van der Waals surface area contributed by atoms with Gasteiger partial charge in [0.05, 0.1) is 5.92 Å². The minimum absolute atomic E-state index is 0.203. The molecule has 0 aromatic heterocycles. The first-order valence-corrected chi connectivity index (χ1v) is 13.2. The van der Waals surface area contributed by atoms with Crippen LogP contribution in [0.25, 0.3) is 0 Å². The van der Waals surface area contributed by atoms with Gasteiger partial charge in [0.15, 0.2) is 11.6 Å². The Bertz CT molecular complexity index is 1420. The number of rotatable bonds is 10. The minimum Gasteiger partial charge on any atom is -0.429 e. The molecule has 1 aliphatic rings. The molecule has 0 amide bonds. The van der Waals surface area contributed by atoms with E-state index in [1.54, 1.807) is 0 Å². The van der Waals surface area contributed by atoms with E-state index >= 15 is 0 Å². The number of alkyl halides is 4. The minimum atomic E-state index is -4.41. The van der Waals surface area contributed by atoms with Crippen LogP contribution in [0.4, 0.5) is 35.1 Å². The number of hydrogen-bond acceptors (Lipinski definition) is 4. The van der Waals surface area contributed by atoms with Gasteiger partial charge in [-0.15, -0.1) is 0 Å². The summed E-state index contributed by atoms with van der Waals surface area (Å²) in [5, 5.41) is 0. The van der Waals surface area contributed by atoms with Gasteiger partial charge in [0, 0.05) is 18.2 Å². The Balaban J connectivity index is 1.42. The zero-order chi connectivity index (χ0) is 30.7. The number of carbonyl (C=O) groups excluding carboxylic acids is 1. The van der Waals surface area contributed by atoms with Gasteiger partial charge in [0.1, 0.15) is 40.0 Å². The summed E-state index contributed by atoms with van der Waals surface area (Å²) in [6.07, 6.45) is -3.71. The van der Waals surface area contributed by atoms with Crippen LogP contribution in [0.1, 0.15) is 56.6 Å². The Kier molecular flexibility index (Phi) is 9.32. The Morgan fingerprint density at radius 3 is 1.67 bits per heavy atom. The first kappa shape index (κ1) is 31.1. The molecule has 0 atom stereocenters. The van der Waals surface area contributed by atoms with E-state index in [0.29, 0.717) is 61.2 Å². The Morgan fingerprint density at radius 1 is 0.690 bits per heavy atom. The Morgan fingerprint density at radius 2 is 1.17 bits per heavy atom. The molecule has 42 heavy (non-hydrogen) atoms. The van der Waals surface area contributed by atoms with Crippen LogP contribution < -0.4 is 14.2 Å². The van der Waals surface area contributed by atoms with E-state index in [0.717, 1.165) is 31.7 Å². The summed E-state index contributed by atoms with van der Waals surface area (Å²) in [4.78, 5) is 12.5. The molecule has 0 unspecified atom stereocenters. The molecule has 4 nitrogen and oxygen atoms in total. The van der Waals surface area contributed by atoms with E-state index < -0.39 is 64.1 Å². The molecule has 12 heteroatoms. The van der Waals surface area contributed by atoms with Gasteiger partial charge in [0.2, 0.25) is 0 Å². The number of esters is 1. The van der Waals surface area contributed by atoms with Crippen LogP contribution in [0.3, 0.4) is 0 Å². The van der Waals surface area contributed by atoms with Crippen molar-refractivity contribution in [1.82, 2.24) is 0 Å². The second-order valence-electron chi connectivity index (χ2n) is 10.0. The first-order chi connectivity index (χ1) is 19.8. The van der Waals surface area contributed by atoms with E-state index in [1.165, 1.54) is 0 Å². The van der Waals surface area contributed by atoms with Crippen molar-refractivity contribution in [2.24, 2.45) is 11.8 Å². The third kappa shape index (κ3) is 7.32. The van der Waals surface area contributed by atoms with Crippen molar-refractivity contribution < 1.29 is 54.1 Å². The summed E-state index contributed by atoms with van der Waals surface area (Å²) >= 11 is 0. The van der Waals surface area contributed by atoms with E-state index in [9.17, 15) is 39.9 Å². The fraction of sp³-hybridized carbons (Fsp3) is 0.367. The van der Waals surface area contributed by atoms with Crippen LogP contribution >= 0.6 is 0 Å². The molecule has 0 radical (unpaired) electrons. The lowest BCUT2D eigenvalue weighted by atomic mass is 9.80. The zero-order valence-corrected chi connectivity index (χ0v) is 22.3. The molecule has 4 rings (SSSR count). The first-order valence-electron chi connectivity index (χ1n) is 13.2. The number of carbonyl (C=O) groups is 1. The molecule has 0 saturated heterocycles. The molecule has 0 bridgehead atoms. The van der Waals surface area contributed by atoms with Crippen LogP contribution in [0.5, 0.6) is 17.2 Å². The SMILES string of the molecule is CCCC1CCC(C(=O)Oc2ccc(C(F)(F)Oc3ccc(C(F)(F)Oc4ccc(F)c(F)c4)c(F)c3)c(F)c2)CC1. The third-order valence-corrected chi connectivity index (χ3v) is 6.99. The highest BCUT2D eigenvalue weighted by molar-refractivity contribution is 5.75. The molecule has 226 valence electrons. The maximum atomic E-state index is 14.8. The molecule has 1 fully saturated rings. The van der Waals surface area contributed by atoms with Crippen molar-refractivity contribution in [3.8, 4) is 17.2 Å². The Labute approximate surface area is 236 Å². The molecule has 3 aromatic carbocycles. The van der Waals surface area contributed by atoms with Gasteiger partial charge in [-0.1, -0.05) is 19.8 Å². The molecule has 0 spiro atoms. The quantitative estimate of drug-likeness (QED) is 0.132. The van der Waals surface area contributed by atoms with Crippen LogP contribution in [0.2, 0.25) is 0 Å². The molecule has 0 N–H and O–H groups in total. The van der Waals surface area contributed by atoms with Crippen molar-refractivity contribution in [2.75, 3.05) is 0 Å². The second-order valence-corrected chi connectivity index (χ2v) is 10.0. The van der Waals surface area contributed by atoms with E-state index in [4.69, 9.17) is 4.74 Å². The largest absolute Gasteiger partial charge is 0.429 e. The van der Waals surface area contributed by atoms with E-state index in [-0.39, 0.29) is 17.7 Å². The highest BCUT2D eigenvalue weighted by Gasteiger charge is 2.41. The summed E-state index contributed by atoms with van der Waals surface area (Å²) < 4.78 is 128. The normalized spacial score (nSPS) is 17.5. The predicted octanol–water partition coefficient (Wildman–Crippen LogP) is 9.01. The maximum absolute atomic E-state index is 14.8. The van der Waals surface area contributed by atoms with Crippen molar-refractivity contribution in [1.29, 1.82) is 0 Å². The maximum Gasteiger partial charge on any atom is 0.429 e. The van der Waals surface area contributed by atoms with Gasteiger partial charge in [0.25, 0.3) is 0 Å². The van der Waals surface area contributed by atoms with Crippen LogP contribution in [-0.4, -0.2) is 5.97 Å². The van der Waals surface area contributed by atoms with E-state index in [1.807, 2.05) is 0 Å². The van der Waals surface area contributed by atoms with E-state index in [2.05, 4.69) is 16.4 Å². The second kappa shape index (κ2) is 12.6. The molecule has 0 aliphatic heterocycles. The summed E-state index contributed by atoms with van der Waals surface area (Å²) in [5.74, 6) is -8.50. The summed E-state index contributed by atoms with van der Waals surface area (Å²) in [6.45, 7) is 2.09. The fourth-order valence-electron chi connectivity index (χ4n) is 4.83. The van der Waals surface area contributed by atoms with Gasteiger partial charge in [-0.2, -0.15) is 17.6 Å². The average molecular weight is 603 g/mol. The number of halogens is 8. The lowest BCUT2D eigenvalue weighted by Gasteiger charge is -2.27. The molecule has 1 saturated carbocycles. The van der Waals surface area contributed by atoms with Crippen molar-refractivity contribution >= 4 is 5.97 Å². The average Bonchev–Trinajstić information content (AvgIpc) is 2.90. The van der Waals surface area contributed by atoms with Crippen molar-refractivity contribution in [3.63, 3.8) is 0 Å². The van der Waals surface area contributed by atoms with Crippen molar-refractivity contribution in [2.45, 2.75) is 57.7 Å². The molecule has 3 aromatic rings. The molecular formula is C30H26F8O4. The van der Waals surface area contributed by atoms with Crippen LogP contribution in [0, 0.1) is 35.1 Å². The smallest absolute Gasteiger partial charge is 0.429 e. The lowest BCUT2D eigenvalue weighted by molar-refractivity contribution is -0.189. The number of ether oxygens (including phenoxy) is 3. The lowest BCUT2D eigenvalue weighted by Crippen LogP contribution is -2.26. The highest BCUT2D eigenvalue weighted by atomic mass is 19.3.